The minimum atomic E-state index is -3.74. The highest BCUT2D eigenvalue weighted by Gasteiger charge is 2.22. The summed E-state index contributed by atoms with van der Waals surface area (Å²) in [6, 6.07) is 4.15. The van der Waals surface area contributed by atoms with Crippen LogP contribution < -0.4 is 5.32 Å². The van der Waals surface area contributed by atoms with Gasteiger partial charge in [0.05, 0.1) is 5.02 Å². The third kappa shape index (κ3) is 6.19. The first kappa shape index (κ1) is 21.7. The van der Waals surface area contributed by atoms with Gasteiger partial charge in [0.15, 0.2) is 6.61 Å². The lowest BCUT2D eigenvalue weighted by molar-refractivity contribution is -0.147. The molecule has 0 heterocycles. The maximum Gasteiger partial charge on any atom is 0.306 e. The second-order valence-electron chi connectivity index (χ2n) is 6.83. The second-order valence-corrected chi connectivity index (χ2v) is 9.36. The minimum absolute atomic E-state index is 0.0556. The van der Waals surface area contributed by atoms with E-state index >= 15 is 0 Å². The molecule has 1 N–H and O–H groups in total. The van der Waals surface area contributed by atoms with E-state index in [1.54, 1.807) is 0 Å². The Labute approximate surface area is 165 Å². The first-order valence-electron chi connectivity index (χ1n) is 8.87. The van der Waals surface area contributed by atoms with Gasteiger partial charge in [-0.05, 0) is 30.5 Å². The minimum Gasteiger partial charge on any atom is -0.456 e. The van der Waals surface area contributed by atoms with Crippen LogP contribution in [-0.2, 0) is 24.3 Å². The number of hydrogen-bond acceptors (Lipinski definition) is 5. The van der Waals surface area contributed by atoms with Crippen molar-refractivity contribution < 1.29 is 22.7 Å². The third-order valence-electron chi connectivity index (χ3n) is 4.57. The van der Waals surface area contributed by atoms with Gasteiger partial charge in [0, 0.05) is 26.2 Å². The SMILES string of the molecule is CN(C)S(=O)(=O)c1cc(NC(=O)COC(=O)CCC2CCCC2)ccc1Cl. The summed E-state index contributed by atoms with van der Waals surface area (Å²) in [7, 11) is -0.961. The molecule has 0 bridgehead atoms. The molecule has 0 unspecified atom stereocenters. The highest BCUT2D eigenvalue weighted by molar-refractivity contribution is 7.89. The van der Waals surface area contributed by atoms with Gasteiger partial charge < -0.3 is 10.1 Å². The summed E-state index contributed by atoms with van der Waals surface area (Å²) in [6.45, 7) is -0.415. The highest BCUT2D eigenvalue weighted by atomic mass is 35.5. The zero-order valence-corrected chi connectivity index (χ0v) is 17.1. The van der Waals surface area contributed by atoms with Gasteiger partial charge in [-0.2, -0.15) is 0 Å². The molecule has 1 saturated carbocycles. The zero-order chi connectivity index (χ0) is 20.0. The average Bonchev–Trinajstić information content (AvgIpc) is 3.13. The van der Waals surface area contributed by atoms with E-state index in [2.05, 4.69) is 5.32 Å². The van der Waals surface area contributed by atoms with Crippen LogP contribution in [0.1, 0.15) is 38.5 Å². The van der Waals surface area contributed by atoms with Crippen LogP contribution in [0.4, 0.5) is 5.69 Å². The summed E-state index contributed by atoms with van der Waals surface area (Å²) in [5, 5.41) is 2.57. The molecule has 0 atom stereocenters. The molecular formula is C18H25ClN2O5S. The average molecular weight is 417 g/mol. The number of amides is 1. The normalized spacial score (nSPS) is 15.1. The van der Waals surface area contributed by atoms with Crippen molar-refractivity contribution in [2.45, 2.75) is 43.4 Å². The smallest absolute Gasteiger partial charge is 0.306 e. The summed E-state index contributed by atoms with van der Waals surface area (Å²) in [5.74, 6) is -0.360. The largest absolute Gasteiger partial charge is 0.456 e. The maximum atomic E-state index is 12.2. The van der Waals surface area contributed by atoms with Crippen molar-refractivity contribution in [2.24, 2.45) is 5.92 Å². The lowest BCUT2D eigenvalue weighted by Crippen LogP contribution is -2.23. The quantitative estimate of drug-likeness (QED) is 0.657. The van der Waals surface area contributed by atoms with Gasteiger partial charge in [-0.25, -0.2) is 12.7 Å². The van der Waals surface area contributed by atoms with Crippen LogP contribution >= 0.6 is 11.6 Å². The van der Waals surface area contributed by atoms with Crippen LogP contribution in [-0.4, -0.2) is 45.3 Å². The molecule has 1 aliphatic rings. The van der Waals surface area contributed by atoms with Crippen molar-refractivity contribution in [1.82, 2.24) is 4.31 Å². The third-order valence-corrected chi connectivity index (χ3v) is 6.87. The fourth-order valence-corrected chi connectivity index (χ4v) is 4.41. The Morgan fingerprint density at radius 1 is 1.26 bits per heavy atom. The Hall–Kier alpha value is -1.64. The number of carbonyl (C=O) groups excluding carboxylic acids is 2. The van der Waals surface area contributed by atoms with E-state index in [0.29, 0.717) is 12.3 Å². The Morgan fingerprint density at radius 3 is 2.56 bits per heavy atom. The van der Waals surface area contributed by atoms with Gasteiger partial charge >= 0.3 is 5.97 Å². The summed E-state index contributed by atoms with van der Waals surface area (Å²) in [6.07, 6.45) is 5.85. The lowest BCUT2D eigenvalue weighted by Gasteiger charge is -2.14. The number of benzene rings is 1. The highest BCUT2D eigenvalue weighted by Crippen LogP contribution is 2.29. The van der Waals surface area contributed by atoms with Gasteiger partial charge in [-0.3, -0.25) is 9.59 Å². The Bertz CT molecular complexity index is 789. The molecule has 150 valence electrons. The van der Waals surface area contributed by atoms with Crippen LogP contribution in [0.15, 0.2) is 23.1 Å². The fraction of sp³-hybridized carbons (Fsp3) is 0.556. The number of nitrogens with one attached hydrogen (secondary N) is 1. The second kappa shape index (κ2) is 9.52. The van der Waals surface area contributed by atoms with Crippen LogP contribution in [0.5, 0.6) is 0 Å². The van der Waals surface area contributed by atoms with E-state index in [0.717, 1.165) is 23.6 Å². The molecule has 1 aromatic carbocycles. The van der Waals surface area contributed by atoms with E-state index in [4.69, 9.17) is 16.3 Å². The van der Waals surface area contributed by atoms with Crippen LogP contribution in [0.3, 0.4) is 0 Å². The van der Waals surface area contributed by atoms with Crippen molar-refractivity contribution >= 4 is 39.2 Å². The molecule has 0 saturated heterocycles. The number of rotatable bonds is 8. The summed E-state index contributed by atoms with van der Waals surface area (Å²) in [4.78, 5) is 23.6. The monoisotopic (exact) mass is 416 g/mol. The molecule has 9 heteroatoms. The molecule has 2 rings (SSSR count). The molecule has 1 aromatic rings. The first-order valence-corrected chi connectivity index (χ1v) is 10.7. The molecular weight excluding hydrogens is 392 g/mol. The molecule has 0 aromatic heterocycles. The number of carbonyl (C=O) groups is 2. The van der Waals surface area contributed by atoms with E-state index in [1.165, 1.54) is 45.1 Å². The van der Waals surface area contributed by atoms with Crippen LogP contribution in [0.2, 0.25) is 5.02 Å². The first-order chi connectivity index (χ1) is 12.7. The molecule has 27 heavy (non-hydrogen) atoms. The van der Waals surface area contributed by atoms with E-state index in [9.17, 15) is 18.0 Å². The predicted octanol–water partition coefficient (Wildman–Crippen LogP) is 3.04. The Balaban J connectivity index is 1.87. The van der Waals surface area contributed by atoms with Gasteiger partial charge in [-0.15, -0.1) is 0 Å². The zero-order valence-electron chi connectivity index (χ0n) is 15.5. The molecule has 0 aliphatic heterocycles. The van der Waals surface area contributed by atoms with Crippen molar-refractivity contribution in [2.75, 3.05) is 26.0 Å². The van der Waals surface area contributed by atoms with Gasteiger partial charge in [0.1, 0.15) is 4.90 Å². The van der Waals surface area contributed by atoms with Gasteiger partial charge in [0.2, 0.25) is 10.0 Å². The summed E-state index contributed by atoms with van der Waals surface area (Å²) in [5.41, 5.74) is 0.256. The maximum absolute atomic E-state index is 12.2. The summed E-state index contributed by atoms with van der Waals surface area (Å²) < 4.78 is 30.5. The standard InChI is InChI=1S/C18H25ClN2O5S/c1-21(2)27(24,25)16-11-14(8-9-15(16)19)20-17(22)12-26-18(23)10-7-13-5-3-4-6-13/h8-9,11,13H,3-7,10,12H2,1-2H3,(H,20,22). The fourth-order valence-electron chi connectivity index (χ4n) is 3.01. The van der Waals surface area contributed by atoms with E-state index in [-0.39, 0.29) is 15.6 Å². The van der Waals surface area contributed by atoms with Crippen molar-refractivity contribution in [3.05, 3.63) is 23.2 Å². The van der Waals surface area contributed by atoms with Crippen LogP contribution in [0, 0.1) is 5.92 Å². The molecule has 1 fully saturated rings. The number of halogens is 1. The topological polar surface area (TPSA) is 92.8 Å². The Morgan fingerprint density at radius 2 is 1.93 bits per heavy atom. The summed E-state index contributed by atoms with van der Waals surface area (Å²) >= 11 is 5.96. The number of nitrogens with zero attached hydrogens (tertiary/aromatic N) is 1. The molecule has 0 spiro atoms. The number of hydrogen-bond donors (Lipinski definition) is 1. The number of sulfonamides is 1. The van der Waals surface area contributed by atoms with Gasteiger partial charge in [0.25, 0.3) is 5.91 Å². The van der Waals surface area contributed by atoms with Crippen molar-refractivity contribution in [3.8, 4) is 0 Å². The van der Waals surface area contributed by atoms with E-state index in [1.807, 2.05) is 0 Å². The molecule has 1 amide bonds. The number of anilines is 1. The predicted molar refractivity (Wildman–Crippen MR) is 103 cm³/mol. The molecule has 1 aliphatic carbocycles. The Kier molecular flexibility index (Phi) is 7.64. The van der Waals surface area contributed by atoms with Crippen molar-refractivity contribution in [1.29, 1.82) is 0 Å². The van der Waals surface area contributed by atoms with Crippen molar-refractivity contribution in [3.63, 3.8) is 0 Å². The molecule has 0 radical (unpaired) electrons. The number of ether oxygens (including phenoxy) is 1. The van der Waals surface area contributed by atoms with Crippen LogP contribution in [0.25, 0.3) is 0 Å². The number of esters is 1. The lowest BCUT2D eigenvalue weighted by atomic mass is 10.0. The van der Waals surface area contributed by atoms with Gasteiger partial charge in [-0.1, -0.05) is 37.3 Å². The van der Waals surface area contributed by atoms with E-state index < -0.39 is 28.5 Å². The molecule has 7 nitrogen and oxygen atoms in total.